The van der Waals surface area contributed by atoms with E-state index in [1.807, 2.05) is 31.2 Å². The van der Waals surface area contributed by atoms with Crippen LogP contribution in [0.4, 0.5) is 4.79 Å². The van der Waals surface area contributed by atoms with Gasteiger partial charge in [-0.2, -0.15) is 0 Å². The lowest BCUT2D eigenvalue weighted by Crippen LogP contribution is -2.11. The number of carbonyl (C=O) groups excluding carboxylic acids is 1. The van der Waals surface area contributed by atoms with E-state index in [0.717, 1.165) is 22.9 Å². The van der Waals surface area contributed by atoms with Crippen LogP contribution in [0.2, 0.25) is 0 Å². The summed E-state index contributed by atoms with van der Waals surface area (Å²) in [7, 11) is 0. The fraction of sp³-hybridized carbons (Fsp3) is 0.143. The summed E-state index contributed by atoms with van der Waals surface area (Å²) < 4.78 is 1.22. The second-order valence-electron chi connectivity index (χ2n) is 4.03. The monoisotopic (exact) mass is 274 g/mol. The van der Waals surface area contributed by atoms with E-state index in [-0.39, 0.29) is 10.8 Å². The Morgan fingerprint density at radius 2 is 2.16 bits per heavy atom. The molecular weight excluding hydrogens is 260 g/mol. The van der Waals surface area contributed by atoms with Crippen LogP contribution >= 0.6 is 11.8 Å². The van der Waals surface area contributed by atoms with Crippen LogP contribution in [0.3, 0.4) is 0 Å². The van der Waals surface area contributed by atoms with Gasteiger partial charge in [-0.15, -0.1) is 6.58 Å². The Bertz CT molecular complexity index is 670. The lowest BCUT2D eigenvalue weighted by Gasteiger charge is -2.00. The molecule has 1 heterocycles. The number of hydrogen-bond acceptors (Lipinski definition) is 3. The van der Waals surface area contributed by atoms with Gasteiger partial charge < -0.3 is 0 Å². The molecule has 4 nitrogen and oxygen atoms in total. The van der Waals surface area contributed by atoms with Crippen molar-refractivity contribution in [2.45, 2.75) is 6.92 Å². The Labute approximate surface area is 115 Å². The molecule has 1 N–H and O–H groups in total. The molecule has 1 aromatic carbocycles. The summed E-state index contributed by atoms with van der Waals surface area (Å²) in [5.74, 6) is 0.513. The van der Waals surface area contributed by atoms with E-state index < -0.39 is 0 Å². The average molecular weight is 274 g/mol. The van der Waals surface area contributed by atoms with Gasteiger partial charge in [0.1, 0.15) is 0 Å². The minimum Gasteiger partial charge on any atom is -0.267 e. The number of aromatic nitrogens is 2. The van der Waals surface area contributed by atoms with Gasteiger partial charge >= 0.3 is 5.24 Å². The normalized spacial score (nSPS) is 10.4. The number of aromatic amines is 1. The Balaban J connectivity index is 2.37. The van der Waals surface area contributed by atoms with Crippen molar-refractivity contribution >= 4 is 17.0 Å². The van der Waals surface area contributed by atoms with Crippen molar-refractivity contribution < 1.29 is 4.79 Å². The van der Waals surface area contributed by atoms with Crippen LogP contribution < -0.4 is 5.56 Å². The molecule has 0 amide bonds. The molecule has 2 rings (SSSR count). The number of rotatable bonds is 3. The van der Waals surface area contributed by atoms with Gasteiger partial charge in [0.05, 0.1) is 5.56 Å². The molecule has 0 aliphatic heterocycles. The van der Waals surface area contributed by atoms with Crippen LogP contribution in [0.5, 0.6) is 0 Å². The fourth-order valence-corrected chi connectivity index (χ4v) is 2.25. The summed E-state index contributed by atoms with van der Waals surface area (Å²) in [5, 5.41) is 2.31. The third kappa shape index (κ3) is 2.88. The minimum atomic E-state index is -0.262. The van der Waals surface area contributed by atoms with Crippen molar-refractivity contribution in [3.63, 3.8) is 0 Å². The Morgan fingerprint density at radius 3 is 2.84 bits per heavy atom. The lowest BCUT2D eigenvalue weighted by atomic mass is 10.0. The number of carbonyl (C=O) groups is 1. The molecule has 0 fully saturated rings. The predicted octanol–water partition coefficient (Wildman–Crippen LogP) is 3.04. The molecule has 0 atom stereocenters. The summed E-state index contributed by atoms with van der Waals surface area (Å²) in [4.78, 5) is 23.7. The molecule has 0 radical (unpaired) electrons. The molecule has 98 valence electrons. The summed E-state index contributed by atoms with van der Waals surface area (Å²) >= 11 is 1.09. The highest BCUT2D eigenvalue weighted by Gasteiger charge is 2.12. The van der Waals surface area contributed by atoms with Gasteiger partial charge in [0, 0.05) is 11.9 Å². The van der Waals surface area contributed by atoms with Crippen LogP contribution in [0.25, 0.3) is 11.1 Å². The van der Waals surface area contributed by atoms with E-state index >= 15 is 0 Å². The highest BCUT2D eigenvalue weighted by atomic mass is 32.2. The topological polar surface area (TPSA) is 54.9 Å². The van der Waals surface area contributed by atoms with Crippen LogP contribution in [0.1, 0.15) is 5.56 Å². The van der Waals surface area contributed by atoms with Crippen molar-refractivity contribution in [2.75, 3.05) is 5.75 Å². The molecule has 0 unspecified atom stereocenters. The minimum absolute atomic E-state index is 0.225. The number of nitrogens with one attached hydrogen (secondary N) is 1. The number of thioether (sulfide) groups is 1. The molecule has 2 aromatic rings. The van der Waals surface area contributed by atoms with Crippen molar-refractivity contribution in [1.29, 1.82) is 0 Å². The third-order valence-electron chi connectivity index (χ3n) is 2.68. The summed E-state index contributed by atoms with van der Waals surface area (Å²) in [6, 6.07) is 7.58. The van der Waals surface area contributed by atoms with E-state index in [1.165, 1.54) is 4.68 Å². The second kappa shape index (κ2) is 5.75. The molecule has 1 aromatic heterocycles. The van der Waals surface area contributed by atoms with E-state index in [9.17, 15) is 9.59 Å². The van der Waals surface area contributed by atoms with Gasteiger partial charge in [-0.3, -0.25) is 14.7 Å². The molecule has 0 aliphatic rings. The van der Waals surface area contributed by atoms with Crippen molar-refractivity contribution in [2.24, 2.45) is 0 Å². The summed E-state index contributed by atoms with van der Waals surface area (Å²) in [6.07, 6.45) is 3.19. The zero-order valence-electron chi connectivity index (χ0n) is 10.6. The fourth-order valence-electron chi connectivity index (χ4n) is 1.75. The molecule has 0 spiro atoms. The van der Waals surface area contributed by atoms with Gasteiger partial charge in [0.15, 0.2) is 0 Å². The van der Waals surface area contributed by atoms with Gasteiger partial charge in [-0.25, -0.2) is 4.68 Å². The number of H-pyrrole nitrogens is 1. The number of aryl methyl sites for hydroxylation is 1. The van der Waals surface area contributed by atoms with Gasteiger partial charge in [0.25, 0.3) is 5.56 Å². The maximum absolute atomic E-state index is 11.9. The standard InChI is InChI=1S/C14H14N2O2S/c1-3-8-19-14(18)16-9-12(13(17)15-16)11-7-5-4-6-10(11)2/h3-7,9H,1,8H2,2H3,(H,15,17). The van der Waals surface area contributed by atoms with E-state index in [4.69, 9.17) is 0 Å². The second-order valence-corrected chi connectivity index (χ2v) is 5.01. The predicted molar refractivity (Wildman–Crippen MR) is 78.7 cm³/mol. The van der Waals surface area contributed by atoms with Crippen LogP contribution in [0, 0.1) is 6.92 Å². The number of benzene rings is 1. The molecular formula is C14H14N2O2S. The van der Waals surface area contributed by atoms with Gasteiger partial charge in [0.2, 0.25) is 0 Å². The van der Waals surface area contributed by atoms with Crippen LogP contribution in [-0.4, -0.2) is 20.8 Å². The highest BCUT2D eigenvalue weighted by molar-refractivity contribution is 8.13. The first-order chi connectivity index (χ1) is 9.13. The zero-order valence-corrected chi connectivity index (χ0v) is 11.4. The molecule has 0 saturated heterocycles. The molecule has 19 heavy (non-hydrogen) atoms. The molecule has 0 bridgehead atoms. The Kier molecular flexibility index (Phi) is 4.06. The van der Waals surface area contributed by atoms with E-state index in [1.54, 1.807) is 12.3 Å². The van der Waals surface area contributed by atoms with E-state index in [2.05, 4.69) is 11.7 Å². The molecule has 5 heteroatoms. The third-order valence-corrected chi connectivity index (χ3v) is 3.53. The Morgan fingerprint density at radius 1 is 1.42 bits per heavy atom. The summed E-state index contributed by atoms with van der Waals surface area (Å²) in [5.41, 5.74) is 2.08. The quantitative estimate of drug-likeness (QED) is 0.875. The number of hydrogen-bond donors (Lipinski definition) is 1. The SMILES string of the molecule is C=CCSC(=O)n1cc(-c2ccccc2C)c(=O)[nH]1. The molecule has 0 aliphatic carbocycles. The number of nitrogens with zero attached hydrogens (tertiary/aromatic N) is 1. The highest BCUT2D eigenvalue weighted by Crippen LogP contribution is 2.20. The zero-order chi connectivity index (χ0) is 13.8. The maximum Gasteiger partial charge on any atom is 0.304 e. The average Bonchev–Trinajstić information content (AvgIpc) is 2.78. The summed E-state index contributed by atoms with van der Waals surface area (Å²) in [6.45, 7) is 5.48. The van der Waals surface area contributed by atoms with Crippen molar-refractivity contribution in [3.05, 3.63) is 59.0 Å². The first-order valence-corrected chi connectivity index (χ1v) is 6.77. The first-order valence-electron chi connectivity index (χ1n) is 5.79. The smallest absolute Gasteiger partial charge is 0.267 e. The first kappa shape index (κ1) is 13.4. The van der Waals surface area contributed by atoms with Gasteiger partial charge in [-0.1, -0.05) is 42.1 Å². The van der Waals surface area contributed by atoms with Crippen molar-refractivity contribution in [1.82, 2.24) is 9.78 Å². The molecule has 0 saturated carbocycles. The van der Waals surface area contributed by atoms with E-state index in [0.29, 0.717) is 11.3 Å². The van der Waals surface area contributed by atoms with Crippen molar-refractivity contribution in [3.8, 4) is 11.1 Å². The lowest BCUT2D eigenvalue weighted by molar-refractivity contribution is 0.259. The van der Waals surface area contributed by atoms with Crippen LogP contribution in [0.15, 0.2) is 47.9 Å². The Hall–Kier alpha value is -2.01. The maximum atomic E-state index is 11.9. The van der Waals surface area contributed by atoms with Gasteiger partial charge in [-0.05, 0) is 18.1 Å². The largest absolute Gasteiger partial charge is 0.304 e. The van der Waals surface area contributed by atoms with Crippen LogP contribution in [-0.2, 0) is 0 Å².